The van der Waals surface area contributed by atoms with Crippen LogP contribution < -0.4 is 22.1 Å². The van der Waals surface area contributed by atoms with Crippen LogP contribution in [0.15, 0.2) is 24.3 Å². The van der Waals surface area contributed by atoms with E-state index < -0.39 is 16.6 Å². The van der Waals surface area contributed by atoms with Gasteiger partial charge in [0.2, 0.25) is 0 Å². The third kappa shape index (κ3) is 3.27. The zero-order valence-corrected chi connectivity index (χ0v) is 22.8. The Bertz CT molecular complexity index is 1280. The van der Waals surface area contributed by atoms with Gasteiger partial charge >= 0.3 is 0 Å². The lowest BCUT2D eigenvalue weighted by Gasteiger charge is -2.44. The number of carbonyl (C=O) groups excluding carboxylic acids is 2. The van der Waals surface area contributed by atoms with Gasteiger partial charge in [-0.2, -0.15) is 4.37 Å². The van der Waals surface area contributed by atoms with Gasteiger partial charge < -0.3 is 22.1 Å². The van der Waals surface area contributed by atoms with Crippen molar-refractivity contribution in [2.45, 2.75) is 61.6 Å². The van der Waals surface area contributed by atoms with Crippen LogP contribution in [0.5, 0.6) is 0 Å². The fourth-order valence-electron chi connectivity index (χ4n) is 8.56. The highest BCUT2D eigenvalue weighted by Crippen LogP contribution is 2.59. The van der Waals surface area contributed by atoms with Gasteiger partial charge in [0.25, 0.3) is 11.8 Å². The molecule has 6 N–H and O–H groups in total. The molecule has 7 rings (SSSR count). The van der Waals surface area contributed by atoms with Crippen molar-refractivity contribution < 1.29 is 9.59 Å². The summed E-state index contributed by atoms with van der Waals surface area (Å²) in [5.41, 5.74) is 16.4. The van der Waals surface area contributed by atoms with Gasteiger partial charge in [0.1, 0.15) is 16.9 Å². The quantitative estimate of drug-likeness (QED) is 0.489. The molecule has 9 nitrogen and oxygen atoms in total. The van der Waals surface area contributed by atoms with E-state index in [4.69, 9.17) is 21.6 Å². The lowest BCUT2D eigenvalue weighted by molar-refractivity contribution is -0.142. The molecule has 1 aromatic carbocycles. The van der Waals surface area contributed by atoms with E-state index >= 15 is 0 Å². The Hall–Kier alpha value is -2.11. The van der Waals surface area contributed by atoms with E-state index in [1.54, 1.807) is 11.5 Å². The number of hydrogen-bond acceptors (Lipinski definition) is 9. The van der Waals surface area contributed by atoms with Gasteiger partial charge in [-0.05, 0) is 73.5 Å². The summed E-state index contributed by atoms with van der Waals surface area (Å²) in [6.07, 6.45) is 6.49. The summed E-state index contributed by atoms with van der Waals surface area (Å²) in [6.45, 7) is 5.32. The summed E-state index contributed by atoms with van der Waals surface area (Å²) in [6, 6.07) is 8.45. The maximum absolute atomic E-state index is 13.7. The number of likely N-dealkylation sites (tertiary alicyclic amines) is 1. The molecule has 3 heterocycles. The monoisotopic (exact) mass is 537 g/mol. The average Bonchev–Trinajstić information content (AvgIpc) is 3.62. The number of benzene rings is 1. The first kappa shape index (κ1) is 24.9. The van der Waals surface area contributed by atoms with Gasteiger partial charge in [0.15, 0.2) is 0 Å². The van der Waals surface area contributed by atoms with E-state index in [0.717, 1.165) is 64.2 Å². The molecule has 2 bridgehead atoms. The number of aromatic nitrogens is 1. The Balaban J connectivity index is 1.02. The largest absolute Gasteiger partial charge is 0.353 e. The molecule has 0 radical (unpaired) electrons. The molecular weight excluding hydrogens is 498 g/mol. The average molecular weight is 538 g/mol. The highest BCUT2D eigenvalue weighted by molar-refractivity contribution is 7.13. The van der Waals surface area contributed by atoms with Crippen LogP contribution in [-0.2, 0) is 9.59 Å². The van der Waals surface area contributed by atoms with E-state index in [1.165, 1.54) is 21.4 Å². The second-order valence-corrected chi connectivity index (χ2v) is 13.4. The van der Waals surface area contributed by atoms with Crippen molar-refractivity contribution in [2.75, 3.05) is 44.2 Å². The number of nitrogens with zero attached hydrogens (tertiary/aromatic N) is 4. The highest BCUT2D eigenvalue weighted by atomic mass is 32.1. The topological polar surface area (TPSA) is 135 Å². The fraction of sp³-hybridized carbons (Fsp3) is 0.679. The summed E-state index contributed by atoms with van der Waals surface area (Å²) in [5, 5.41) is 1.24. The highest BCUT2D eigenvalue weighted by Gasteiger charge is 2.81. The summed E-state index contributed by atoms with van der Waals surface area (Å²) in [5.74, 6) is 1.11. The van der Waals surface area contributed by atoms with Crippen molar-refractivity contribution >= 4 is 39.3 Å². The molecule has 2 saturated heterocycles. The number of rotatable bonds is 5. The molecule has 3 saturated carbocycles. The zero-order valence-electron chi connectivity index (χ0n) is 22.0. The molecule has 6 atom stereocenters. The Labute approximate surface area is 227 Å². The first-order valence-electron chi connectivity index (χ1n) is 14.3. The minimum Gasteiger partial charge on any atom is -0.353 e. The van der Waals surface area contributed by atoms with Gasteiger partial charge in [-0.15, -0.1) is 0 Å². The minimum atomic E-state index is -1.47. The molecular formula is C28H39N7O2S. The number of imide groups is 1. The predicted octanol–water partition coefficient (Wildman–Crippen LogP) is 1.50. The van der Waals surface area contributed by atoms with E-state index in [0.29, 0.717) is 25.3 Å². The second-order valence-electron chi connectivity index (χ2n) is 12.6. The van der Waals surface area contributed by atoms with Gasteiger partial charge in [-0.1, -0.05) is 25.0 Å². The molecule has 0 unspecified atom stereocenters. The third-order valence-electron chi connectivity index (χ3n) is 10.8. The molecule has 2 aliphatic heterocycles. The fourth-order valence-corrected chi connectivity index (χ4v) is 9.35. The van der Waals surface area contributed by atoms with Crippen molar-refractivity contribution in [1.82, 2.24) is 14.2 Å². The number of piperazine rings is 1. The Morgan fingerprint density at radius 2 is 1.63 bits per heavy atom. The SMILES string of the molecule is N[C@]12CC[C@@H](C1)[C@]1(N)C(=O)N(C[C@@H]3CCCC[C@H]3CN3CCN(c4nsc5ccccc45)CC3)C(=O)[C@]21N. The smallest absolute Gasteiger partial charge is 0.253 e. The van der Waals surface area contributed by atoms with E-state index in [9.17, 15) is 9.59 Å². The van der Waals surface area contributed by atoms with Gasteiger partial charge in [-0.3, -0.25) is 19.4 Å². The van der Waals surface area contributed by atoms with Gasteiger partial charge in [0.05, 0.1) is 4.70 Å². The number of nitrogens with two attached hydrogens (primary N) is 3. The number of hydrogen-bond donors (Lipinski definition) is 3. The van der Waals surface area contributed by atoms with Crippen LogP contribution in [0.3, 0.4) is 0 Å². The van der Waals surface area contributed by atoms with Crippen LogP contribution in [0.1, 0.15) is 44.9 Å². The molecule has 38 heavy (non-hydrogen) atoms. The van der Waals surface area contributed by atoms with Crippen molar-refractivity contribution in [1.29, 1.82) is 0 Å². The van der Waals surface area contributed by atoms with Gasteiger partial charge in [-0.25, -0.2) is 0 Å². The first-order valence-corrected chi connectivity index (χ1v) is 15.1. The normalized spacial score (nSPS) is 39.5. The predicted molar refractivity (Wildman–Crippen MR) is 149 cm³/mol. The standard InChI is InChI=1S/C28H39N7O2S/c29-26-10-9-20(15-26)27(30)24(36)35(25(37)28(26,27)31)17-19-6-2-1-5-18(19)16-33-11-13-34(14-12-33)23-21-7-3-4-8-22(21)38-32-23/h3-4,7-8,18-20H,1-2,5-6,9-17,29-31H2/t18-,19-,20-,26+,27-,28-/m0/s1. The molecule has 1 aromatic heterocycles. The zero-order chi connectivity index (χ0) is 26.3. The molecule has 5 aliphatic rings. The molecule has 2 amide bonds. The van der Waals surface area contributed by atoms with Gasteiger partial charge in [0, 0.05) is 50.2 Å². The van der Waals surface area contributed by atoms with Crippen molar-refractivity contribution in [2.24, 2.45) is 35.0 Å². The van der Waals surface area contributed by atoms with Crippen molar-refractivity contribution in [3.05, 3.63) is 24.3 Å². The molecule has 0 spiro atoms. The number of carbonyl (C=O) groups is 2. The first-order chi connectivity index (χ1) is 18.3. The Morgan fingerprint density at radius 1 is 0.921 bits per heavy atom. The number of fused-ring (bicyclic) bond motifs is 6. The van der Waals surface area contributed by atoms with Crippen LogP contribution in [0.2, 0.25) is 0 Å². The van der Waals surface area contributed by atoms with Crippen molar-refractivity contribution in [3.63, 3.8) is 0 Å². The number of amides is 2. The van der Waals surface area contributed by atoms with Crippen LogP contribution in [0.4, 0.5) is 5.82 Å². The summed E-state index contributed by atoms with van der Waals surface area (Å²) in [7, 11) is 0. The Kier molecular flexibility index (Phi) is 5.70. The van der Waals surface area contributed by atoms with Crippen LogP contribution >= 0.6 is 11.5 Å². The maximum atomic E-state index is 13.7. The Morgan fingerprint density at radius 3 is 2.37 bits per heavy atom. The van der Waals surface area contributed by atoms with Crippen molar-refractivity contribution in [3.8, 4) is 0 Å². The van der Waals surface area contributed by atoms with E-state index in [2.05, 4.69) is 34.1 Å². The maximum Gasteiger partial charge on any atom is 0.253 e. The van der Waals surface area contributed by atoms with E-state index in [1.807, 2.05) is 0 Å². The molecule has 204 valence electrons. The second kappa shape index (κ2) is 8.69. The molecule has 2 aromatic rings. The van der Waals surface area contributed by atoms with E-state index in [-0.39, 0.29) is 23.7 Å². The summed E-state index contributed by atoms with van der Waals surface area (Å²) < 4.78 is 5.98. The molecule has 5 fully saturated rings. The molecule has 10 heteroatoms. The minimum absolute atomic E-state index is 0.104. The summed E-state index contributed by atoms with van der Waals surface area (Å²) >= 11 is 1.57. The lowest BCUT2D eigenvalue weighted by atomic mass is 9.66. The third-order valence-corrected chi connectivity index (χ3v) is 11.6. The molecule has 3 aliphatic carbocycles. The number of anilines is 1. The van der Waals surface area contributed by atoms with Crippen LogP contribution in [0.25, 0.3) is 10.1 Å². The van der Waals surface area contributed by atoms with Crippen LogP contribution in [-0.4, -0.2) is 81.9 Å². The lowest BCUT2D eigenvalue weighted by Crippen LogP contribution is -2.78. The van der Waals surface area contributed by atoms with Crippen LogP contribution in [0, 0.1) is 17.8 Å². The summed E-state index contributed by atoms with van der Waals surface area (Å²) in [4.78, 5) is 33.8.